The summed E-state index contributed by atoms with van der Waals surface area (Å²) in [5.41, 5.74) is -0.178. The van der Waals surface area contributed by atoms with Gasteiger partial charge in [0, 0.05) is 13.6 Å². The number of hydrogen-bond acceptors (Lipinski definition) is 2. The third kappa shape index (κ3) is 5.27. The monoisotopic (exact) mass is 453 g/mol. The topological polar surface area (TPSA) is 36.9 Å². The third-order valence-corrected chi connectivity index (χ3v) is 3.51. The van der Waals surface area contributed by atoms with E-state index in [9.17, 15) is 13.2 Å². The Hall–Kier alpha value is -1.47. The van der Waals surface area contributed by atoms with Gasteiger partial charge in [-0.05, 0) is 17.7 Å². The number of ether oxygens (including phenoxy) is 1. The smallest absolute Gasteiger partial charge is 0.370 e. The molecule has 1 atom stereocenters. The van der Waals surface area contributed by atoms with Crippen LogP contribution in [-0.4, -0.2) is 44.1 Å². The molecule has 1 heterocycles. The van der Waals surface area contributed by atoms with Crippen LogP contribution >= 0.6 is 24.0 Å². The molecule has 1 aliphatic rings. The molecule has 24 heavy (non-hydrogen) atoms. The third-order valence-electron chi connectivity index (χ3n) is 3.51. The summed E-state index contributed by atoms with van der Waals surface area (Å²) in [7, 11) is 1.63. The molecule has 1 fully saturated rings. The van der Waals surface area contributed by atoms with Gasteiger partial charge in [0.1, 0.15) is 6.10 Å². The van der Waals surface area contributed by atoms with Crippen molar-refractivity contribution in [2.75, 3.05) is 33.3 Å². The van der Waals surface area contributed by atoms with Crippen LogP contribution in [0, 0.1) is 12.3 Å². The summed E-state index contributed by atoms with van der Waals surface area (Å²) in [5.74, 6) is 3.08. The molecule has 0 amide bonds. The molecule has 1 aromatic rings. The summed E-state index contributed by atoms with van der Waals surface area (Å²) in [6, 6.07) is 5.22. The molecular formula is C16H19F3IN3O. The van der Waals surface area contributed by atoms with Gasteiger partial charge in [0.15, 0.2) is 5.96 Å². The maximum absolute atomic E-state index is 12.8. The maximum atomic E-state index is 12.8. The fraction of sp³-hybridized carbons (Fsp3) is 0.438. The molecular weight excluding hydrogens is 434 g/mol. The van der Waals surface area contributed by atoms with Crippen LogP contribution < -0.4 is 5.32 Å². The number of morpholine rings is 1. The van der Waals surface area contributed by atoms with Gasteiger partial charge in [-0.2, -0.15) is 13.2 Å². The van der Waals surface area contributed by atoms with Gasteiger partial charge in [0.25, 0.3) is 0 Å². The molecule has 0 radical (unpaired) electrons. The summed E-state index contributed by atoms with van der Waals surface area (Å²) < 4.78 is 44.1. The van der Waals surface area contributed by atoms with Crippen LogP contribution in [-0.2, 0) is 10.9 Å². The van der Waals surface area contributed by atoms with E-state index >= 15 is 0 Å². The lowest BCUT2D eigenvalue weighted by Gasteiger charge is -2.35. The quantitative estimate of drug-likeness (QED) is 0.324. The van der Waals surface area contributed by atoms with Crippen molar-refractivity contribution in [2.24, 2.45) is 4.99 Å². The van der Waals surface area contributed by atoms with Gasteiger partial charge in [0.2, 0.25) is 0 Å². The van der Waals surface area contributed by atoms with E-state index in [1.54, 1.807) is 13.1 Å². The number of halogens is 4. The highest BCUT2D eigenvalue weighted by molar-refractivity contribution is 14.0. The molecule has 0 spiro atoms. The van der Waals surface area contributed by atoms with Gasteiger partial charge < -0.3 is 15.0 Å². The second-order valence-corrected chi connectivity index (χ2v) is 5.03. The Morgan fingerprint density at radius 2 is 2.25 bits per heavy atom. The summed E-state index contributed by atoms with van der Waals surface area (Å²) in [6.45, 7) is 1.74. The summed E-state index contributed by atoms with van der Waals surface area (Å²) in [5, 5.41) is 3.00. The van der Waals surface area contributed by atoms with E-state index in [4.69, 9.17) is 11.2 Å². The van der Waals surface area contributed by atoms with E-state index in [2.05, 4.69) is 16.2 Å². The Labute approximate surface area is 156 Å². The average molecular weight is 453 g/mol. The van der Waals surface area contributed by atoms with Crippen molar-refractivity contribution >= 4 is 29.9 Å². The zero-order valence-electron chi connectivity index (χ0n) is 13.1. The van der Waals surface area contributed by atoms with Crippen LogP contribution in [0.15, 0.2) is 29.3 Å². The van der Waals surface area contributed by atoms with Crippen molar-refractivity contribution in [3.8, 4) is 12.3 Å². The number of rotatable bonds is 2. The fourth-order valence-electron chi connectivity index (χ4n) is 2.42. The van der Waals surface area contributed by atoms with Crippen LogP contribution in [0.25, 0.3) is 0 Å². The molecule has 2 rings (SSSR count). The molecule has 0 aromatic heterocycles. The first-order valence-corrected chi connectivity index (χ1v) is 7.13. The van der Waals surface area contributed by atoms with Crippen LogP contribution in [0.2, 0.25) is 0 Å². The number of aliphatic imine (C=N–C) groups is 1. The molecule has 1 aromatic carbocycles. The lowest BCUT2D eigenvalue weighted by molar-refractivity contribution is -0.137. The predicted octanol–water partition coefficient (Wildman–Crippen LogP) is 2.91. The van der Waals surface area contributed by atoms with E-state index < -0.39 is 17.8 Å². The Bertz CT molecular complexity index is 613. The number of benzene rings is 1. The lowest BCUT2D eigenvalue weighted by atomic mass is 10.0. The molecule has 0 saturated carbocycles. The molecule has 4 nitrogen and oxygen atoms in total. The van der Waals surface area contributed by atoms with Gasteiger partial charge in [-0.25, -0.2) is 0 Å². The molecule has 132 valence electrons. The van der Waals surface area contributed by atoms with Crippen LogP contribution in [0.1, 0.15) is 17.2 Å². The summed E-state index contributed by atoms with van der Waals surface area (Å²) in [6.07, 6.45) is 0.405. The molecule has 0 bridgehead atoms. The highest BCUT2D eigenvalue weighted by Gasteiger charge is 2.32. The first kappa shape index (κ1) is 20.6. The zero-order chi connectivity index (χ0) is 16.9. The van der Waals surface area contributed by atoms with Crippen molar-refractivity contribution in [3.63, 3.8) is 0 Å². The summed E-state index contributed by atoms with van der Waals surface area (Å²) >= 11 is 0. The SMILES string of the molecule is C#CCNC(=NC)N1CCOC(c2cccc(C(F)(F)F)c2)C1.I. The van der Waals surface area contributed by atoms with Gasteiger partial charge in [-0.3, -0.25) is 4.99 Å². The van der Waals surface area contributed by atoms with E-state index in [1.807, 2.05) is 4.90 Å². The number of hydrogen-bond donors (Lipinski definition) is 1. The van der Waals surface area contributed by atoms with Crippen molar-refractivity contribution < 1.29 is 17.9 Å². The van der Waals surface area contributed by atoms with E-state index in [0.29, 0.717) is 37.8 Å². The number of nitrogens with zero attached hydrogens (tertiary/aromatic N) is 2. The molecule has 1 unspecified atom stereocenters. The fourth-order valence-corrected chi connectivity index (χ4v) is 2.42. The standard InChI is InChI=1S/C16H18F3N3O.HI/c1-3-7-21-15(20-2)22-8-9-23-14(11-22)12-5-4-6-13(10-12)16(17,18)19;/h1,4-6,10,14H,7-9,11H2,2H3,(H,20,21);1H. The average Bonchev–Trinajstić information content (AvgIpc) is 2.55. The Kier molecular flexibility index (Phi) is 7.83. The Morgan fingerprint density at radius 3 is 2.88 bits per heavy atom. The molecule has 1 saturated heterocycles. The molecule has 1 N–H and O–H groups in total. The van der Waals surface area contributed by atoms with Crippen molar-refractivity contribution in [3.05, 3.63) is 35.4 Å². The van der Waals surface area contributed by atoms with Gasteiger partial charge >= 0.3 is 6.18 Å². The Morgan fingerprint density at radius 1 is 1.50 bits per heavy atom. The molecule has 8 heteroatoms. The van der Waals surface area contributed by atoms with E-state index in [1.165, 1.54) is 6.07 Å². The second-order valence-electron chi connectivity index (χ2n) is 5.03. The van der Waals surface area contributed by atoms with Gasteiger partial charge in [-0.1, -0.05) is 18.1 Å². The van der Waals surface area contributed by atoms with E-state index in [0.717, 1.165) is 12.1 Å². The number of guanidine groups is 1. The Balaban J connectivity index is 0.00000288. The van der Waals surface area contributed by atoms with Crippen LogP contribution in [0.3, 0.4) is 0 Å². The largest absolute Gasteiger partial charge is 0.416 e. The zero-order valence-corrected chi connectivity index (χ0v) is 15.5. The van der Waals surface area contributed by atoms with E-state index in [-0.39, 0.29) is 24.0 Å². The highest BCUT2D eigenvalue weighted by atomic mass is 127. The van der Waals surface area contributed by atoms with Crippen molar-refractivity contribution in [2.45, 2.75) is 12.3 Å². The minimum atomic E-state index is -4.37. The normalized spacial score (nSPS) is 18.5. The highest BCUT2D eigenvalue weighted by Crippen LogP contribution is 2.32. The van der Waals surface area contributed by atoms with Crippen molar-refractivity contribution in [1.29, 1.82) is 0 Å². The van der Waals surface area contributed by atoms with Crippen LogP contribution in [0.4, 0.5) is 13.2 Å². The predicted molar refractivity (Wildman–Crippen MR) is 97.3 cm³/mol. The number of terminal acetylenes is 1. The maximum Gasteiger partial charge on any atom is 0.416 e. The number of nitrogens with one attached hydrogen (secondary N) is 1. The molecule has 0 aliphatic carbocycles. The van der Waals surface area contributed by atoms with Crippen LogP contribution in [0.5, 0.6) is 0 Å². The minimum Gasteiger partial charge on any atom is -0.370 e. The van der Waals surface area contributed by atoms with Crippen molar-refractivity contribution in [1.82, 2.24) is 10.2 Å². The minimum absolute atomic E-state index is 0. The first-order chi connectivity index (χ1) is 11.0. The lowest BCUT2D eigenvalue weighted by Crippen LogP contribution is -2.48. The first-order valence-electron chi connectivity index (χ1n) is 7.13. The molecule has 1 aliphatic heterocycles. The summed E-state index contributed by atoms with van der Waals surface area (Å²) in [4.78, 5) is 6.06. The van der Waals surface area contributed by atoms with Gasteiger partial charge in [-0.15, -0.1) is 30.4 Å². The number of alkyl halides is 3. The second kappa shape index (κ2) is 9.13. The van der Waals surface area contributed by atoms with Gasteiger partial charge in [0.05, 0.1) is 25.3 Å².